The first-order valence-electron chi connectivity index (χ1n) is 17.2. The van der Waals surface area contributed by atoms with Gasteiger partial charge in [-0.25, -0.2) is 4.79 Å². The summed E-state index contributed by atoms with van der Waals surface area (Å²) in [6.07, 6.45) is -4.32. The molecule has 0 spiro atoms. The van der Waals surface area contributed by atoms with Crippen LogP contribution < -0.4 is 21.6 Å². The first kappa shape index (κ1) is 38.8. The smallest absolute Gasteiger partial charge is 0.416 e. The average molecular weight is 741 g/mol. The third-order valence-corrected chi connectivity index (χ3v) is 13.7. The highest BCUT2D eigenvalue weighted by atomic mass is 31.2. The number of carbonyl (C=O) groups is 2. The maximum Gasteiger partial charge on any atom is 0.416 e. The zero-order valence-electron chi connectivity index (χ0n) is 29.6. The van der Waals surface area contributed by atoms with Crippen molar-refractivity contribution < 1.29 is 31.9 Å². The third-order valence-electron chi connectivity index (χ3n) is 9.54. The van der Waals surface area contributed by atoms with Crippen LogP contribution in [0, 0.1) is 16.7 Å². The lowest BCUT2D eigenvalue weighted by Gasteiger charge is -2.45. The van der Waals surface area contributed by atoms with E-state index in [1.165, 1.54) is 12.1 Å². The number of rotatable bonds is 14. The molecule has 0 saturated carbocycles. The largest absolute Gasteiger partial charge is 0.434 e. The zero-order chi connectivity index (χ0) is 38.3. The number of benzene rings is 4. The fraction of sp³-hybridized carbons (Fsp3) is 0.268. The molecule has 1 heterocycles. The fourth-order valence-electron chi connectivity index (χ4n) is 7.01. The number of nitrogens with two attached hydrogens (primary N) is 1. The van der Waals surface area contributed by atoms with E-state index in [0.29, 0.717) is 18.4 Å². The summed E-state index contributed by atoms with van der Waals surface area (Å²) < 4.78 is 51.1. The van der Waals surface area contributed by atoms with Crippen LogP contribution in [-0.2, 0) is 22.1 Å². The molecule has 0 fully saturated rings. The van der Waals surface area contributed by atoms with Gasteiger partial charge in [0.15, 0.2) is 5.60 Å². The van der Waals surface area contributed by atoms with Gasteiger partial charge in [0, 0.05) is 17.4 Å². The molecule has 0 saturated heterocycles. The number of ketones is 1. The molecule has 0 aliphatic carbocycles. The normalized spacial score (nSPS) is 13.1. The van der Waals surface area contributed by atoms with E-state index in [9.17, 15) is 23.2 Å². The van der Waals surface area contributed by atoms with Crippen molar-refractivity contribution in [2.24, 2.45) is 11.1 Å². The molecule has 8 nitrogen and oxygen atoms in total. The molecule has 1 amide bonds. The molecular weight excluding hydrogens is 700 g/mol. The molecule has 53 heavy (non-hydrogen) atoms. The van der Waals surface area contributed by atoms with Gasteiger partial charge in [-0.15, -0.1) is 10.2 Å². The molecule has 4 aromatic carbocycles. The number of carbonyl (C=O) groups excluding carboxylic acids is 2. The highest BCUT2D eigenvalue weighted by Gasteiger charge is 2.56. The summed E-state index contributed by atoms with van der Waals surface area (Å²) in [5, 5.41) is 21.6. The van der Waals surface area contributed by atoms with E-state index in [2.05, 4.69) is 16.3 Å². The number of hydrogen-bond donors (Lipinski definition) is 1. The Labute approximate surface area is 306 Å². The molecule has 0 radical (unpaired) electrons. The van der Waals surface area contributed by atoms with Crippen LogP contribution in [0.5, 0.6) is 0 Å². The lowest BCUT2D eigenvalue weighted by molar-refractivity contribution is -0.146. The first-order chi connectivity index (χ1) is 25.3. The van der Waals surface area contributed by atoms with Gasteiger partial charge in [-0.2, -0.15) is 18.4 Å². The summed E-state index contributed by atoms with van der Waals surface area (Å²) in [5.41, 5.74) is 2.35. The number of halogens is 3. The molecule has 0 unspecified atom stereocenters. The Bertz CT molecular complexity index is 2030. The summed E-state index contributed by atoms with van der Waals surface area (Å²) in [7, 11) is 0. The van der Waals surface area contributed by atoms with Crippen LogP contribution in [0.15, 0.2) is 120 Å². The number of aryl methyl sites for hydroxylation is 1. The molecule has 0 bridgehead atoms. The molecule has 274 valence electrons. The Kier molecular flexibility index (Phi) is 11.7. The summed E-state index contributed by atoms with van der Waals surface area (Å²) >= 11 is 0. The summed E-state index contributed by atoms with van der Waals surface area (Å²) in [5.74, 6) is -0.449. The molecule has 5 aromatic rings. The minimum absolute atomic E-state index is 0.0269. The van der Waals surface area contributed by atoms with Crippen molar-refractivity contribution in [1.82, 2.24) is 10.2 Å². The number of alkyl halides is 3. The fourth-order valence-corrected chi connectivity index (χ4v) is 11.2. The second-order valence-corrected chi connectivity index (χ2v) is 16.6. The second kappa shape index (κ2) is 16.1. The molecule has 5 rings (SSSR count). The molecular formula is C41H40F3N4O4P. The van der Waals surface area contributed by atoms with E-state index in [0.717, 1.165) is 28.0 Å². The van der Waals surface area contributed by atoms with Crippen molar-refractivity contribution in [3.8, 4) is 17.5 Å². The standard InChI is InChI=1S/C41H40F3N4O4P/c1-4-26-39(2,3)40(52-38(46)50,27-14-21-35-47-48-37(51-35)29-22-24-30(25-23-29)41(42,43)44)36(49)34(28-45)53(31-15-8-5-9-16-31,32-17-10-6-11-18-32)33-19-12-7-13-20-33/h5-13,15-20,22-25H,4,14,21,26-27H2,1-3H3,(H2,46,50)/t40-/m1/s1. The second-order valence-electron chi connectivity index (χ2n) is 13.3. The van der Waals surface area contributed by atoms with Gasteiger partial charge < -0.3 is 14.9 Å². The Hall–Kier alpha value is -5.46. The Morgan fingerprint density at radius 1 is 0.811 bits per heavy atom. The Morgan fingerprint density at radius 3 is 1.75 bits per heavy atom. The van der Waals surface area contributed by atoms with Crippen LogP contribution in [0.4, 0.5) is 18.0 Å². The predicted molar refractivity (Wildman–Crippen MR) is 201 cm³/mol. The van der Waals surface area contributed by atoms with Gasteiger partial charge in [-0.1, -0.05) is 118 Å². The van der Waals surface area contributed by atoms with Gasteiger partial charge >= 0.3 is 12.3 Å². The zero-order valence-corrected chi connectivity index (χ0v) is 30.5. The molecule has 0 aliphatic heterocycles. The SMILES string of the molecule is CCCC(C)(C)[C@](CCCc1nnc(-c2ccc(C(F)(F)F)cc2)o1)(OC(N)=O)C(=O)C(C#N)=P(c1ccccc1)(c1ccccc1)c1ccccc1. The molecule has 1 aromatic heterocycles. The quantitative estimate of drug-likeness (QED) is 0.114. The van der Waals surface area contributed by atoms with Gasteiger partial charge in [0.2, 0.25) is 17.6 Å². The number of primary amides is 1. The van der Waals surface area contributed by atoms with Crippen molar-refractivity contribution >= 4 is 40.0 Å². The number of aromatic nitrogens is 2. The van der Waals surface area contributed by atoms with E-state index < -0.39 is 41.5 Å². The van der Waals surface area contributed by atoms with Crippen molar-refractivity contribution in [2.75, 3.05) is 0 Å². The molecule has 1 atom stereocenters. The van der Waals surface area contributed by atoms with Crippen LogP contribution in [0.25, 0.3) is 11.5 Å². The number of nitrogens with zero attached hydrogens (tertiary/aromatic N) is 3. The molecule has 12 heteroatoms. The van der Waals surface area contributed by atoms with E-state index in [-0.39, 0.29) is 36.3 Å². The van der Waals surface area contributed by atoms with Crippen LogP contribution >= 0.6 is 6.89 Å². The van der Waals surface area contributed by atoms with Gasteiger partial charge in [-0.05, 0) is 66.3 Å². The van der Waals surface area contributed by atoms with Gasteiger partial charge in [0.25, 0.3) is 0 Å². The Balaban J connectivity index is 1.66. The minimum Gasteiger partial charge on any atom is -0.434 e. The minimum atomic E-state index is -4.49. The predicted octanol–water partition coefficient (Wildman–Crippen LogP) is 8.00. The van der Waals surface area contributed by atoms with Crippen LogP contribution in [0.2, 0.25) is 0 Å². The van der Waals surface area contributed by atoms with Gasteiger partial charge in [-0.3, -0.25) is 4.79 Å². The molecule has 0 aliphatic rings. The van der Waals surface area contributed by atoms with E-state index in [1.807, 2.05) is 112 Å². The lowest BCUT2D eigenvalue weighted by Crippen LogP contribution is -2.58. The summed E-state index contributed by atoms with van der Waals surface area (Å²) in [6.45, 7) is 2.39. The van der Waals surface area contributed by atoms with Crippen LogP contribution in [-0.4, -0.2) is 33.0 Å². The first-order valence-corrected chi connectivity index (χ1v) is 19.0. The van der Waals surface area contributed by atoms with E-state index in [1.54, 1.807) is 0 Å². The van der Waals surface area contributed by atoms with Crippen molar-refractivity contribution in [3.05, 3.63) is 127 Å². The highest BCUT2D eigenvalue weighted by Crippen LogP contribution is 2.50. The number of amides is 1. The third kappa shape index (κ3) is 7.84. The number of Topliss-reactive ketones (excluding diaryl/α,β-unsaturated/α-hetero) is 1. The summed E-state index contributed by atoms with van der Waals surface area (Å²) in [4.78, 5) is 28.5. The monoisotopic (exact) mass is 740 g/mol. The lowest BCUT2D eigenvalue weighted by atomic mass is 9.66. The van der Waals surface area contributed by atoms with Gasteiger partial charge in [0.05, 0.1) is 5.56 Å². The summed E-state index contributed by atoms with van der Waals surface area (Å²) in [6, 6.07) is 35.0. The highest BCUT2D eigenvalue weighted by molar-refractivity contribution is 7.97. The van der Waals surface area contributed by atoms with Crippen LogP contribution in [0.3, 0.4) is 0 Å². The maximum atomic E-state index is 15.7. The number of nitriles is 1. The van der Waals surface area contributed by atoms with Crippen LogP contribution in [0.1, 0.15) is 57.9 Å². The van der Waals surface area contributed by atoms with E-state index in [4.69, 9.17) is 14.9 Å². The van der Waals surface area contributed by atoms with Crippen molar-refractivity contribution in [3.63, 3.8) is 0 Å². The van der Waals surface area contributed by atoms with Gasteiger partial charge in [0.1, 0.15) is 11.4 Å². The van der Waals surface area contributed by atoms with Crippen molar-refractivity contribution in [2.45, 2.75) is 64.7 Å². The maximum absolute atomic E-state index is 15.7. The number of hydrogen-bond acceptors (Lipinski definition) is 7. The van der Waals surface area contributed by atoms with Crippen molar-refractivity contribution in [1.29, 1.82) is 5.26 Å². The molecule has 2 N–H and O–H groups in total. The topological polar surface area (TPSA) is 132 Å². The van der Waals surface area contributed by atoms with E-state index >= 15 is 4.79 Å². The number of ether oxygens (including phenoxy) is 1. The Morgan fingerprint density at radius 2 is 1.32 bits per heavy atom. The average Bonchev–Trinajstić information content (AvgIpc) is 3.62.